The maximum absolute atomic E-state index is 6.38. The van der Waals surface area contributed by atoms with Crippen molar-refractivity contribution in [2.24, 2.45) is 0 Å². The number of hydrogen-bond acceptors (Lipinski definition) is 10. The minimum Gasteiger partial charge on any atom is -0.456 e. The number of furan rings is 2. The van der Waals surface area contributed by atoms with Crippen molar-refractivity contribution in [1.29, 1.82) is 0 Å². The molecule has 0 radical (unpaired) electrons. The van der Waals surface area contributed by atoms with Crippen molar-refractivity contribution in [3.8, 4) is 79.2 Å². The minimum atomic E-state index is -0.408. The van der Waals surface area contributed by atoms with Crippen molar-refractivity contribution in [2.45, 2.75) is 38.9 Å². The van der Waals surface area contributed by atoms with Gasteiger partial charge >= 0.3 is 7.12 Å². The van der Waals surface area contributed by atoms with E-state index in [0.29, 0.717) is 29.1 Å². The van der Waals surface area contributed by atoms with Gasteiger partial charge < -0.3 is 18.1 Å². The molecule has 1 aliphatic heterocycles. The van der Waals surface area contributed by atoms with Gasteiger partial charge in [0.1, 0.15) is 22.3 Å². The van der Waals surface area contributed by atoms with Gasteiger partial charge in [0.25, 0.3) is 0 Å². The first-order valence-corrected chi connectivity index (χ1v) is 41.9. The zero-order valence-electron chi connectivity index (χ0n) is 68.7. The molecule has 0 amide bonds. The van der Waals surface area contributed by atoms with Crippen molar-refractivity contribution >= 4 is 90.4 Å². The van der Waals surface area contributed by atoms with Crippen molar-refractivity contribution in [1.82, 2.24) is 29.9 Å². The Morgan fingerprint density at radius 1 is 0.218 bits per heavy atom. The first-order chi connectivity index (χ1) is 60.8. The molecule has 124 heavy (non-hydrogen) atoms. The summed E-state index contributed by atoms with van der Waals surface area (Å²) in [4.78, 5) is 28.8. The summed E-state index contributed by atoms with van der Waals surface area (Å²) < 4.78 is 25.1. The third-order valence-corrected chi connectivity index (χ3v) is 23.2. The molecule has 0 aliphatic carbocycles. The molecule has 0 unspecified atom stereocenters. The van der Waals surface area contributed by atoms with Gasteiger partial charge in [-0.25, -0.2) is 19.9 Å². The van der Waals surface area contributed by atoms with Gasteiger partial charge in [-0.1, -0.05) is 382 Å². The van der Waals surface area contributed by atoms with E-state index in [0.717, 1.165) is 138 Å². The Balaban J connectivity index is 0.000000130. The van der Waals surface area contributed by atoms with E-state index in [1.54, 1.807) is 0 Å². The molecule has 12 heteroatoms. The van der Waals surface area contributed by atoms with Crippen molar-refractivity contribution in [3.63, 3.8) is 0 Å². The number of fused-ring (bicyclic) bond motifs is 6. The molecule has 1 saturated heterocycles. The molecule has 0 atom stereocenters. The van der Waals surface area contributed by atoms with E-state index in [2.05, 4.69) is 370 Å². The fourth-order valence-corrected chi connectivity index (χ4v) is 16.2. The van der Waals surface area contributed by atoms with Crippen LogP contribution in [0.5, 0.6) is 0 Å². The Labute approximate surface area is 726 Å². The lowest BCUT2D eigenvalue weighted by Gasteiger charge is -2.32. The molecule has 0 N–H and O–H groups in total. The van der Waals surface area contributed by atoms with E-state index in [1.165, 1.54) is 27.8 Å². The molecule has 10 nitrogen and oxygen atoms in total. The highest BCUT2D eigenvalue weighted by atomic mass is 35.5. The van der Waals surface area contributed by atoms with Crippen molar-refractivity contribution in [2.75, 3.05) is 0 Å². The second kappa shape index (κ2) is 34.9. The van der Waals surface area contributed by atoms with E-state index in [1.807, 2.05) is 97.1 Å². The molecule has 1 aliphatic rings. The largest absolute Gasteiger partial charge is 0.494 e. The Kier molecular flexibility index (Phi) is 22.2. The van der Waals surface area contributed by atoms with E-state index in [4.69, 9.17) is 44.7 Å². The van der Waals surface area contributed by atoms with Crippen LogP contribution in [0, 0.1) is 0 Å². The fraction of sp³-hybridized carbons (Fsp3) is 0.0536. The smallest absolute Gasteiger partial charge is 0.456 e. The van der Waals surface area contributed by atoms with Gasteiger partial charge in [-0.2, -0.15) is 9.97 Å². The maximum Gasteiger partial charge on any atom is 0.494 e. The lowest BCUT2D eigenvalue weighted by molar-refractivity contribution is 0.00578. The molecule has 0 spiro atoms. The van der Waals surface area contributed by atoms with E-state index >= 15 is 0 Å². The lowest BCUT2D eigenvalue weighted by atomic mass is 9.76. The topological polar surface area (TPSA) is 122 Å². The zero-order valence-corrected chi connectivity index (χ0v) is 69.4. The number of para-hydroxylation sites is 2. The average molecular weight is 1620 g/mol. The molecule has 16 aromatic carbocycles. The molecular weight excluding hydrogens is 1540 g/mol. The normalized spacial score (nSPS) is 12.6. The monoisotopic (exact) mass is 1620 g/mol. The number of hydrogen-bond donors (Lipinski definition) is 0. The predicted molar refractivity (Wildman–Crippen MR) is 508 cm³/mol. The SMILES string of the molecule is CC1(C)OB(c2cccc(C(=C(c3ccccc3)c3ccccc3)c3ccccc3)c2)OC1(C)C.Clc1nc(-c2ccc(-c3ccccc3)cc2)nc(-c2ccc3c(c2)oc2ccccc23)n1.c1ccc(C(=C(c2ccccc2)c2cccc(-c3nc(-c4ccc(-c5ccccc5)cc4)nc(-c4ccc5c(c4)oc4ccccc45)n3)c2)c2ccccc2)cc1. The molecule has 594 valence electrons. The van der Waals surface area contributed by atoms with E-state index in [9.17, 15) is 0 Å². The summed E-state index contributed by atoms with van der Waals surface area (Å²) in [6.45, 7) is 8.37. The summed E-state index contributed by atoms with van der Waals surface area (Å²) in [7, 11) is -0.408. The van der Waals surface area contributed by atoms with Gasteiger partial charge in [-0.3, -0.25) is 0 Å². The molecule has 5 heterocycles. The standard InChI is InChI=1S/C53H35N3O.C32H31BO2.C27H16ClN3O/c1-5-16-36(17-6-1)37-28-30-41(31-29-37)51-54-52(56-53(55-51)44-32-33-46-45-26-13-14-27-47(45)57-48(46)35-44)43-25-15-24-42(34-43)50(40-22-11-4-12-23-40)49(38-18-7-2-8-19-38)39-20-9-3-10-21-39;1-31(2)32(3,4)35-33(34-31)28-22-14-21-27(23-28)30(26-19-12-7-13-20-26)29(24-15-8-5-9-16-24)25-17-10-6-11-18-25;28-27-30-25(19-12-10-18(11-13-19)17-6-2-1-3-7-17)29-26(31-27)20-14-15-22-21-8-4-5-9-23(21)32-24(22)16-20/h1-35H;5-23H,1-4H3;1-16H. The van der Waals surface area contributed by atoms with Crippen LogP contribution in [0.1, 0.15) is 72.2 Å². The van der Waals surface area contributed by atoms with Crippen molar-refractivity contribution < 1.29 is 18.1 Å². The number of halogens is 1. The molecule has 0 saturated carbocycles. The van der Waals surface area contributed by atoms with Crippen molar-refractivity contribution in [3.05, 3.63) is 474 Å². The summed E-state index contributed by atoms with van der Waals surface area (Å²) in [5.74, 6) is 2.79. The quantitative estimate of drug-likeness (QED) is 0.0683. The molecular formula is C112H82BClN6O4. The molecule has 1 fully saturated rings. The second-order valence-corrected chi connectivity index (χ2v) is 31.9. The summed E-state index contributed by atoms with van der Waals surface area (Å²) in [5, 5.41) is 4.44. The Morgan fingerprint density at radius 2 is 0.468 bits per heavy atom. The van der Waals surface area contributed by atoms with Crippen LogP contribution in [-0.4, -0.2) is 48.2 Å². The highest BCUT2D eigenvalue weighted by molar-refractivity contribution is 6.62. The Bertz CT molecular complexity index is 7160. The molecule has 4 aromatic heterocycles. The van der Waals surface area contributed by atoms with Crippen LogP contribution < -0.4 is 5.46 Å². The summed E-state index contributed by atoms with van der Waals surface area (Å²) in [5.41, 5.74) is 26.2. The highest BCUT2D eigenvalue weighted by Gasteiger charge is 2.52. The van der Waals surface area contributed by atoms with Crippen LogP contribution in [0.25, 0.3) is 145 Å². The van der Waals surface area contributed by atoms with Gasteiger partial charge in [-0.15, -0.1) is 0 Å². The van der Waals surface area contributed by atoms with Crippen LogP contribution in [0.15, 0.2) is 433 Å². The minimum absolute atomic E-state index is 0.154. The van der Waals surface area contributed by atoms with Crippen LogP contribution in [0.3, 0.4) is 0 Å². The van der Waals surface area contributed by atoms with Gasteiger partial charge in [0, 0.05) is 49.4 Å². The fourth-order valence-electron chi connectivity index (χ4n) is 16.1. The summed E-state index contributed by atoms with van der Waals surface area (Å²) >= 11 is 6.27. The number of benzene rings is 16. The first kappa shape index (κ1) is 78.7. The number of nitrogens with zero attached hydrogens (tertiary/aromatic N) is 6. The Hall–Kier alpha value is -15.1. The van der Waals surface area contributed by atoms with Crippen LogP contribution in [-0.2, 0) is 9.31 Å². The number of rotatable bonds is 16. The molecule has 20 aromatic rings. The second-order valence-electron chi connectivity index (χ2n) is 31.6. The van der Waals surface area contributed by atoms with E-state index < -0.39 is 7.12 Å². The van der Waals surface area contributed by atoms with Crippen LogP contribution in [0.2, 0.25) is 5.28 Å². The summed E-state index contributed by atoms with van der Waals surface area (Å²) in [6.07, 6.45) is 0. The lowest BCUT2D eigenvalue weighted by Crippen LogP contribution is -2.41. The third kappa shape index (κ3) is 16.7. The highest BCUT2D eigenvalue weighted by Crippen LogP contribution is 2.43. The molecule has 21 rings (SSSR count). The summed E-state index contributed by atoms with van der Waals surface area (Å²) in [6, 6.07) is 146. The van der Waals surface area contributed by atoms with Gasteiger partial charge in [0.05, 0.1) is 11.2 Å². The van der Waals surface area contributed by atoms with Crippen LogP contribution in [0.4, 0.5) is 0 Å². The Morgan fingerprint density at radius 3 is 0.847 bits per heavy atom. The maximum atomic E-state index is 6.38. The van der Waals surface area contributed by atoms with E-state index in [-0.39, 0.29) is 16.5 Å². The zero-order chi connectivity index (χ0) is 83.9. The van der Waals surface area contributed by atoms with Gasteiger partial charge in [0.15, 0.2) is 29.1 Å². The van der Waals surface area contributed by atoms with Crippen LogP contribution >= 0.6 is 11.6 Å². The van der Waals surface area contributed by atoms with Gasteiger partial charge in [-0.05, 0) is 176 Å². The third-order valence-electron chi connectivity index (χ3n) is 23.0. The molecule has 0 bridgehead atoms. The first-order valence-electron chi connectivity index (χ1n) is 41.6. The predicted octanol–water partition coefficient (Wildman–Crippen LogP) is 27.9. The average Bonchev–Trinajstić information content (AvgIpc) is 1.65. The van der Waals surface area contributed by atoms with Gasteiger partial charge in [0.2, 0.25) is 5.28 Å². The number of aromatic nitrogens is 6.